The minimum atomic E-state index is -5.24. The lowest BCUT2D eigenvalue weighted by atomic mass is 10.1. The van der Waals surface area contributed by atoms with Crippen LogP contribution in [0, 0.1) is 11.3 Å². The molecule has 1 aromatic carbocycles. The van der Waals surface area contributed by atoms with Crippen LogP contribution in [0.3, 0.4) is 0 Å². The molecule has 238 valence electrons. The molecule has 43 heavy (non-hydrogen) atoms. The summed E-state index contributed by atoms with van der Waals surface area (Å²) in [7, 11) is -10.5. The number of rotatable bonds is 12. The summed E-state index contributed by atoms with van der Waals surface area (Å²) in [5, 5.41) is 51.9. The highest BCUT2D eigenvalue weighted by Gasteiger charge is 2.52. The molecule has 2 unspecified atom stereocenters. The van der Waals surface area contributed by atoms with E-state index in [2.05, 4.69) is 9.98 Å². The molecule has 9 atom stereocenters. The van der Waals surface area contributed by atoms with E-state index in [-0.39, 0.29) is 24.9 Å². The summed E-state index contributed by atoms with van der Waals surface area (Å²) < 4.78 is 34.8. The van der Waals surface area contributed by atoms with Crippen molar-refractivity contribution in [2.24, 2.45) is 10.9 Å². The molecule has 1 aromatic heterocycles. The molecular weight excluding hydrogens is 614 g/mol. The van der Waals surface area contributed by atoms with Crippen molar-refractivity contribution in [3.63, 3.8) is 0 Å². The number of nitrogens with one attached hydrogen (secondary N) is 1. The zero-order valence-corrected chi connectivity index (χ0v) is 24.5. The average molecular weight is 646 g/mol. The van der Waals surface area contributed by atoms with Crippen LogP contribution in [0.4, 0.5) is 0 Å². The zero-order chi connectivity index (χ0) is 31.5. The number of hydrogen-bond acceptors (Lipinski definition) is 15. The van der Waals surface area contributed by atoms with Gasteiger partial charge in [0.05, 0.1) is 31.4 Å². The second kappa shape index (κ2) is 13.7. The summed E-state index contributed by atoms with van der Waals surface area (Å²) in [6.07, 6.45) is -6.17. The van der Waals surface area contributed by atoms with Gasteiger partial charge in [0.1, 0.15) is 23.8 Å². The van der Waals surface area contributed by atoms with Crippen LogP contribution in [0.5, 0.6) is 6.01 Å². The van der Waals surface area contributed by atoms with E-state index in [4.69, 9.17) is 23.9 Å². The maximum absolute atomic E-state index is 12.8. The molecule has 1 saturated heterocycles. The highest BCUT2D eigenvalue weighted by atomic mass is 31.2. The minimum Gasteiger partial charge on any atom is -0.862 e. The molecule has 0 radical (unpaired) electrons. The number of phosphoric ester groups is 1. The Bertz CT molecular complexity index is 1370. The molecule has 2 aliphatic rings. The van der Waals surface area contributed by atoms with Crippen molar-refractivity contribution in [1.29, 1.82) is 5.41 Å². The molecule has 6 N–H and O–H groups in total. The van der Waals surface area contributed by atoms with Crippen LogP contribution in [0.25, 0.3) is 0 Å². The molecular formula is C24H32N4O13P2-2. The third-order valence-corrected chi connectivity index (χ3v) is 9.31. The number of aliphatic hydroxyl groups is 2. The smallest absolute Gasteiger partial charge is 0.475 e. The zero-order valence-electron chi connectivity index (χ0n) is 22.7. The minimum absolute atomic E-state index is 0.0672. The first kappa shape index (κ1) is 33.5. The second-order valence-electron chi connectivity index (χ2n) is 10.2. The first-order valence-corrected chi connectivity index (χ1v) is 16.2. The Hall–Kier alpha value is -2.37. The Balaban J connectivity index is 1.43. The van der Waals surface area contributed by atoms with Crippen LogP contribution in [0.1, 0.15) is 31.6 Å². The third-order valence-electron chi connectivity index (χ3n) is 6.98. The van der Waals surface area contributed by atoms with Gasteiger partial charge in [-0.1, -0.05) is 30.3 Å². The average Bonchev–Trinajstić information content (AvgIpc) is 3.44. The van der Waals surface area contributed by atoms with E-state index in [0.29, 0.717) is 0 Å². The lowest BCUT2D eigenvalue weighted by Crippen LogP contribution is -2.34. The van der Waals surface area contributed by atoms with Crippen molar-refractivity contribution in [1.82, 2.24) is 9.55 Å². The van der Waals surface area contributed by atoms with Gasteiger partial charge in [-0.25, -0.2) is 23.9 Å². The maximum atomic E-state index is 12.8. The Morgan fingerprint density at radius 1 is 1.26 bits per heavy atom. The molecule has 0 amide bonds. The van der Waals surface area contributed by atoms with Gasteiger partial charge in [0.2, 0.25) is 5.85 Å². The summed E-state index contributed by atoms with van der Waals surface area (Å²) >= 11 is 0. The number of aliphatic imine (C=N–C) groups is 1. The number of phosphoric acid groups is 1. The molecule has 0 bridgehead atoms. The second-order valence-corrected chi connectivity index (χ2v) is 13.3. The number of ether oxygens (including phenoxy) is 2. The van der Waals surface area contributed by atoms with Crippen molar-refractivity contribution in [3.05, 3.63) is 53.6 Å². The molecule has 4 rings (SSSR count). The molecule has 17 nitrogen and oxygen atoms in total. The largest absolute Gasteiger partial charge is 0.862 e. The quantitative estimate of drug-likeness (QED) is 0.0809. The van der Waals surface area contributed by atoms with Crippen molar-refractivity contribution >= 4 is 21.7 Å². The normalized spacial score (nSPS) is 30.3. The number of benzene rings is 1. The van der Waals surface area contributed by atoms with Crippen LogP contribution in [0.2, 0.25) is 0 Å². The number of aromatic nitrogens is 2. The Morgan fingerprint density at radius 2 is 1.95 bits per heavy atom. The molecule has 19 heteroatoms. The maximum Gasteiger partial charge on any atom is 0.475 e. The predicted molar refractivity (Wildman–Crippen MR) is 140 cm³/mol. The lowest BCUT2D eigenvalue weighted by molar-refractivity contribution is -0.292. The monoisotopic (exact) mass is 646 g/mol. The van der Waals surface area contributed by atoms with Gasteiger partial charge in [-0.15, -0.1) is 0 Å². The van der Waals surface area contributed by atoms with E-state index in [9.17, 15) is 44.6 Å². The van der Waals surface area contributed by atoms with Gasteiger partial charge in [-0.05, 0) is 37.3 Å². The van der Waals surface area contributed by atoms with Gasteiger partial charge in [0, 0.05) is 12.1 Å². The third kappa shape index (κ3) is 8.63. The number of nitrogens with zero attached hydrogens (tertiary/aromatic N) is 3. The van der Waals surface area contributed by atoms with Crippen LogP contribution < -0.4 is 20.6 Å². The summed E-state index contributed by atoms with van der Waals surface area (Å²) in [4.78, 5) is 50.2. The molecule has 1 saturated carbocycles. The Kier molecular flexibility index (Phi) is 10.7. The molecule has 2 fully saturated rings. The van der Waals surface area contributed by atoms with E-state index < -0.39 is 82.7 Å². The summed E-state index contributed by atoms with van der Waals surface area (Å²) in [5.41, 5.74) is 0.464. The standard InChI is InChI=1S/C24H34N4O13P2/c1-13(29)26-16-9-15(10-17(16)38-11-14-5-3-2-4-6-14)23(42(33,34)35)41-43(36,37)39-12-18-20(30)21(31)22(40-18)28-8-7-19(25)27-24(28)32/h2-8,15-18,20-23,30-31H,9-12H2,1H3,(H,26,29)(H,36,37)(H2,25,27,32)(H2,33,34,35)/p-2/t15-,16-,17-,18-,20-,21-,22-,23?/m1/s1. The molecule has 0 spiro atoms. The van der Waals surface area contributed by atoms with E-state index in [1.165, 1.54) is 6.92 Å². The van der Waals surface area contributed by atoms with Crippen molar-refractivity contribution < 1.29 is 63.1 Å². The molecule has 1 aliphatic heterocycles. The molecule has 2 aromatic rings. The van der Waals surface area contributed by atoms with Crippen LogP contribution >= 0.6 is 15.8 Å². The fourth-order valence-electron chi connectivity index (χ4n) is 5.03. The summed E-state index contributed by atoms with van der Waals surface area (Å²) in [6, 6.07) is 8.41. The summed E-state index contributed by atoms with van der Waals surface area (Å²) in [5.74, 6) is -3.75. The highest BCUT2D eigenvalue weighted by Crippen LogP contribution is 2.60. The van der Waals surface area contributed by atoms with Crippen LogP contribution in [0.15, 0.2) is 47.6 Å². The highest BCUT2D eigenvalue weighted by molar-refractivity contribution is 7.58. The predicted octanol–water partition coefficient (Wildman–Crippen LogP) is -2.23. The van der Waals surface area contributed by atoms with Gasteiger partial charge in [-0.2, -0.15) is 0 Å². The Morgan fingerprint density at radius 3 is 2.58 bits per heavy atom. The van der Waals surface area contributed by atoms with Gasteiger partial charge in [-0.3, -0.25) is 14.9 Å². The fourth-order valence-corrected chi connectivity index (χ4v) is 7.51. The SMILES string of the molecule is CC([O-])=N[C@@H]1C[C@@H](C(OP(=O)(O)OC[C@H]2O[C@@H](n3ccc(=N)nc3[O-])[C@H](O)[C@@H]2O)[P+]([O-])(O)O)C[C@H]1OCc1ccccc1. The number of hydrogen-bond donors (Lipinski definition) is 6. The van der Waals surface area contributed by atoms with Crippen molar-refractivity contribution in [2.45, 2.75) is 68.9 Å². The first-order chi connectivity index (χ1) is 20.1. The van der Waals surface area contributed by atoms with E-state index in [0.717, 1.165) is 22.4 Å². The Labute approximate surface area is 246 Å². The van der Waals surface area contributed by atoms with Gasteiger partial charge in [0.25, 0.3) is 7.94 Å². The van der Waals surface area contributed by atoms with Crippen molar-refractivity contribution in [2.75, 3.05) is 6.61 Å². The summed E-state index contributed by atoms with van der Waals surface area (Å²) in [6.45, 7) is 0.453. The van der Waals surface area contributed by atoms with Gasteiger partial charge < -0.3 is 44.3 Å². The number of aliphatic hydroxyl groups excluding tert-OH is 2. The van der Waals surface area contributed by atoms with Crippen LogP contribution in [-0.2, 0) is 29.7 Å². The topological polar surface area (TPSA) is 278 Å². The first-order valence-electron chi connectivity index (χ1n) is 13.0. The molecule has 1 aliphatic carbocycles. The van der Waals surface area contributed by atoms with Gasteiger partial charge in [0.15, 0.2) is 6.23 Å². The fraction of sp³-hybridized carbons (Fsp3) is 0.542. The lowest BCUT2D eigenvalue weighted by Gasteiger charge is -2.30. The van der Waals surface area contributed by atoms with E-state index in [1.807, 2.05) is 6.07 Å². The van der Waals surface area contributed by atoms with Crippen LogP contribution in [-0.4, -0.2) is 83.3 Å². The van der Waals surface area contributed by atoms with E-state index >= 15 is 0 Å². The van der Waals surface area contributed by atoms with E-state index in [1.54, 1.807) is 24.3 Å². The molecule has 2 heterocycles. The van der Waals surface area contributed by atoms with Gasteiger partial charge >= 0.3 is 7.82 Å². The van der Waals surface area contributed by atoms with Crippen molar-refractivity contribution in [3.8, 4) is 6.01 Å².